The summed E-state index contributed by atoms with van der Waals surface area (Å²) < 4.78 is 8.14. The molecule has 0 aliphatic rings. The van der Waals surface area contributed by atoms with Crippen molar-refractivity contribution in [1.29, 1.82) is 0 Å². The quantitative estimate of drug-likeness (QED) is 0.628. The zero-order valence-electron chi connectivity index (χ0n) is 14.5. The minimum absolute atomic E-state index is 0.0477. The van der Waals surface area contributed by atoms with Gasteiger partial charge in [0.25, 0.3) is 0 Å². The van der Waals surface area contributed by atoms with Gasteiger partial charge >= 0.3 is 0 Å². The summed E-state index contributed by atoms with van der Waals surface area (Å²) in [4.78, 5) is 12.3. The first-order valence-electron chi connectivity index (χ1n) is 8.33. The average molecular weight is 414 g/mol. The van der Waals surface area contributed by atoms with Crippen molar-refractivity contribution in [2.24, 2.45) is 0 Å². The second-order valence-electron chi connectivity index (χ2n) is 5.86. The van der Waals surface area contributed by atoms with E-state index in [0.29, 0.717) is 25.2 Å². The van der Waals surface area contributed by atoms with E-state index in [1.165, 1.54) is 0 Å². The lowest BCUT2D eigenvalue weighted by molar-refractivity contribution is -0.116. The molecule has 0 bridgehead atoms. The van der Waals surface area contributed by atoms with Gasteiger partial charge < -0.3 is 10.1 Å². The molecule has 6 heteroatoms. The van der Waals surface area contributed by atoms with Gasteiger partial charge in [-0.05, 0) is 35.7 Å². The second kappa shape index (κ2) is 8.67. The summed E-state index contributed by atoms with van der Waals surface area (Å²) >= 11 is 3.43. The fourth-order valence-electron chi connectivity index (χ4n) is 2.69. The molecule has 134 valence electrons. The van der Waals surface area contributed by atoms with E-state index >= 15 is 0 Å². The molecule has 2 aromatic carbocycles. The van der Waals surface area contributed by atoms with Crippen LogP contribution in [-0.2, 0) is 17.8 Å². The van der Waals surface area contributed by atoms with Gasteiger partial charge in [0.1, 0.15) is 11.6 Å². The molecule has 1 aromatic heterocycles. The van der Waals surface area contributed by atoms with E-state index in [9.17, 15) is 4.79 Å². The Kier molecular flexibility index (Phi) is 6.07. The summed E-state index contributed by atoms with van der Waals surface area (Å²) in [5, 5.41) is 7.24. The number of para-hydroxylation sites is 1. The number of aromatic nitrogens is 2. The van der Waals surface area contributed by atoms with E-state index in [1.807, 2.05) is 48.5 Å². The number of hydrogen-bond acceptors (Lipinski definition) is 3. The molecule has 26 heavy (non-hydrogen) atoms. The minimum atomic E-state index is -0.0477. The molecular weight excluding hydrogens is 394 g/mol. The van der Waals surface area contributed by atoms with Crippen molar-refractivity contribution in [1.82, 2.24) is 9.78 Å². The number of carbonyl (C=O) groups excluding carboxylic acids is 1. The number of nitrogens with one attached hydrogen (secondary N) is 1. The maximum absolute atomic E-state index is 12.3. The highest BCUT2D eigenvalue weighted by atomic mass is 79.9. The van der Waals surface area contributed by atoms with Crippen LogP contribution in [0.25, 0.3) is 0 Å². The van der Waals surface area contributed by atoms with E-state index in [1.54, 1.807) is 24.1 Å². The van der Waals surface area contributed by atoms with Crippen molar-refractivity contribution >= 4 is 27.7 Å². The molecule has 0 spiro atoms. The molecule has 0 aliphatic carbocycles. The average Bonchev–Trinajstić information content (AvgIpc) is 3.08. The number of carbonyl (C=O) groups is 1. The molecule has 0 unspecified atom stereocenters. The van der Waals surface area contributed by atoms with Gasteiger partial charge in [0, 0.05) is 17.0 Å². The van der Waals surface area contributed by atoms with Crippen molar-refractivity contribution in [3.05, 3.63) is 76.4 Å². The molecule has 1 N–H and O–H groups in total. The van der Waals surface area contributed by atoms with Gasteiger partial charge in [-0.1, -0.05) is 46.3 Å². The van der Waals surface area contributed by atoms with Crippen molar-refractivity contribution in [3.63, 3.8) is 0 Å². The first kappa shape index (κ1) is 18.2. The van der Waals surface area contributed by atoms with Crippen LogP contribution in [0, 0.1) is 0 Å². The molecule has 3 aromatic rings. The van der Waals surface area contributed by atoms with Crippen molar-refractivity contribution in [2.75, 3.05) is 12.4 Å². The van der Waals surface area contributed by atoms with Gasteiger partial charge in [-0.3, -0.25) is 4.79 Å². The van der Waals surface area contributed by atoms with Crippen LogP contribution in [0.4, 0.5) is 5.82 Å². The molecule has 5 nitrogen and oxygen atoms in total. The number of rotatable bonds is 7. The maximum atomic E-state index is 12.3. The fraction of sp³-hybridized carbons (Fsp3) is 0.200. The Morgan fingerprint density at radius 3 is 2.69 bits per heavy atom. The van der Waals surface area contributed by atoms with Crippen molar-refractivity contribution in [2.45, 2.75) is 19.4 Å². The number of anilines is 1. The third-order valence-electron chi connectivity index (χ3n) is 4.04. The molecule has 1 heterocycles. The monoisotopic (exact) mass is 413 g/mol. The summed E-state index contributed by atoms with van der Waals surface area (Å²) in [6, 6.07) is 17.6. The topological polar surface area (TPSA) is 56.1 Å². The van der Waals surface area contributed by atoms with Gasteiger partial charge in [-0.15, -0.1) is 0 Å². The van der Waals surface area contributed by atoms with E-state index in [0.717, 1.165) is 21.3 Å². The van der Waals surface area contributed by atoms with Gasteiger partial charge in [0.15, 0.2) is 0 Å². The number of amides is 1. The summed E-state index contributed by atoms with van der Waals surface area (Å²) in [5.41, 5.74) is 2.13. The van der Waals surface area contributed by atoms with Gasteiger partial charge in [0.05, 0.1) is 19.9 Å². The smallest absolute Gasteiger partial charge is 0.225 e. The van der Waals surface area contributed by atoms with Crippen LogP contribution in [0.15, 0.2) is 65.3 Å². The molecule has 0 aliphatic heterocycles. The summed E-state index contributed by atoms with van der Waals surface area (Å²) in [6.07, 6.45) is 2.69. The predicted molar refractivity (Wildman–Crippen MR) is 105 cm³/mol. The lowest BCUT2D eigenvalue weighted by atomic mass is 10.1. The zero-order chi connectivity index (χ0) is 18.4. The molecule has 3 rings (SSSR count). The molecular formula is C20H20BrN3O2. The number of aryl methyl sites for hydroxylation is 1. The van der Waals surface area contributed by atoms with Crippen molar-refractivity contribution < 1.29 is 9.53 Å². The second-order valence-corrected chi connectivity index (χ2v) is 6.78. The third-order valence-corrected chi connectivity index (χ3v) is 4.57. The first-order valence-corrected chi connectivity index (χ1v) is 9.13. The Morgan fingerprint density at radius 1 is 1.15 bits per heavy atom. The number of ether oxygens (including phenoxy) is 1. The number of benzene rings is 2. The lowest BCUT2D eigenvalue weighted by Crippen LogP contribution is -2.16. The third kappa shape index (κ3) is 4.73. The maximum Gasteiger partial charge on any atom is 0.225 e. The molecule has 1 amide bonds. The Hall–Kier alpha value is -2.60. The molecule has 0 radical (unpaired) electrons. The highest BCUT2D eigenvalue weighted by Crippen LogP contribution is 2.19. The van der Waals surface area contributed by atoms with Crippen LogP contribution in [0.5, 0.6) is 5.75 Å². The highest BCUT2D eigenvalue weighted by molar-refractivity contribution is 9.10. The normalized spacial score (nSPS) is 10.5. The number of methoxy groups -OCH3 is 1. The van der Waals surface area contributed by atoms with E-state index in [-0.39, 0.29) is 5.91 Å². The summed E-state index contributed by atoms with van der Waals surface area (Å²) in [6.45, 7) is 0.600. The molecule has 0 atom stereocenters. The Bertz CT molecular complexity index is 875. The Morgan fingerprint density at radius 2 is 1.92 bits per heavy atom. The number of halogens is 1. The molecule has 0 fully saturated rings. The van der Waals surface area contributed by atoms with Crippen LogP contribution in [0.2, 0.25) is 0 Å². The lowest BCUT2D eigenvalue weighted by Gasteiger charge is -2.10. The Labute approximate surface area is 161 Å². The van der Waals surface area contributed by atoms with Gasteiger partial charge in [-0.25, -0.2) is 4.68 Å². The van der Waals surface area contributed by atoms with E-state index in [4.69, 9.17) is 4.74 Å². The van der Waals surface area contributed by atoms with Gasteiger partial charge in [0.2, 0.25) is 5.91 Å². The van der Waals surface area contributed by atoms with Crippen molar-refractivity contribution in [3.8, 4) is 5.75 Å². The summed E-state index contributed by atoms with van der Waals surface area (Å²) in [5.74, 6) is 1.45. The van der Waals surface area contributed by atoms with E-state index in [2.05, 4.69) is 26.3 Å². The standard InChI is InChI=1S/C20H20BrN3O2/c1-26-18-5-3-2-4-16(18)8-11-20(25)23-19-12-13-22-24(19)14-15-6-9-17(21)10-7-15/h2-7,9-10,12-13H,8,11,14H2,1H3,(H,23,25). The first-order chi connectivity index (χ1) is 12.7. The predicted octanol–water partition coefficient (Wildman–Crippen LogP) is 4.27. The van der Waals surface area contributed by atoms with Gasteiger partial charge in [-0.2, -0.15) is 5.10 Å². The number of nitrogens with zero attached hydrogens (tertiary/aromatic N) is 2. The minimum Gasteiger partial charge on any atom is -0.496 e. The zero-order valence-corrected chi connectivity index (χ0v) is 16.1. The van der Waals surface area contributed by atoms with Crippen LogP contribution in [0.3, 0.4) is 0 Å². The highest BCUT2D eigenvalue weighted by Gasteiger charge is 2.10. The Balaban J connectivity index is 1.60. The number of hydrogen-bond donors (Lipinski definition) is 1. The van der Waals surface area contributed by atoms with Crippen LogP contribution in [0.1, 0.15) is 17.5 Å². The molecule has 0 saturated heterocycles. The van der Waals surface area contributed by atoms with Crippen LogP contribution in [-0.4, -0.2) is 22.8 Å². The summed E-state index contributed by atoms with van der Waals surface area (Å²) in [7, 11) is 1.64. The van der Waals surface area contributed by atoms with E-state index < -0.39 is 0 Å². The molecule has 0 saturated carbocycles. The fourth-order valence-corrected chi connectivity index (χ4v) is 2.95. The van der Waals surface area contributed by atoms with Crippen LogP contribution < -0.4 is 10.1 Å². The largest absolute Gasteiger partial charge is 0.496 e. The SMILES string of the molecule is COc1ccccc1CCC(=O)Nc1ccnn1Cc1ccc(Br)cc1. The van der Waals surface area contributed by atoms with Crippen LogP contribution >= 0.6 is 15.9 Å².